The first-order valence-electron chi connectivity index (χ1n) is 8.41. The van der Waals surface area contributed by atoms with Gasteiger partial charge in [-0.05, 0) is 36.7 Å². The van der Waals surface area contributed by atoms with Crippen LogP contribution in [0.5, 0.6) is 11.5 Å². The molecule has 0 fully saturated rings. The first-order chi connectivity index (χ1) is 12.1. The summed E-state index contributed by atoms with van der Waals surface area (Å²) in [6, 6.07) is 14.0. The zero-order valence-corrected chi connectivity index (χ0v) is 15.9. The number of phenolic OH excluding ortho intramolecular Hbond substituents is 1. The maximum Gasteiger partial charge on any atom is 0.152 e. The zero-order chi connectivity index (χ0) is 17.6. The number of hydrogen-bond donors (Lipinski definition) is 3. The average molecular weight is 377 g/mol. The van der Waals surface area contributed by atoms with Crippen molar-refractivity contribution < 1.29 is 9.84 Å². The Morgan fingerprint density at radius 1 is 1.32 bits per heavy atom. The highest BCUT2D eigenvalue weighted by Crippen LogP contribution is 2.34. The Hall–Kier alpha value is -1.50. The Morgan fingerprint density at radius 3 is 3.04 bits per heavy atom. The molecule has 0 amide bonds. The standard InChI is InChI=1S/C19H24N2O2S2/c1-13(11-24-18-8-4-5-15(20)19(18)22)9-21-14-10-23-16-6-2-3-7-17(16)25-12-14/h2-8,13-14,21-22H,9-12,20H2,1H3/t13-,14+/m0/s1. The highest BCUT2D eigenvalue weighted by molar-refractivity contribution is 7.99. The van der Waals surface area contributed by atoms with Gasteiger partial charge in [0, 0.05) is 16.4 Å². The maximum absolute atomic E-state index is 9.98. The van der Waals surface area contributed by atoms with E-state index in [0.29, 0.717) is 24.3 Å². The Kier molecular flexibility index (Phi) is 6.39. The number of benzene rings is 2. The van der Waals surface area contributed by atoms with Gasteiger partial charge in [0.15, 0.2) is 5.75 Å². The third kappa shape index (κ3) is 5.00. The first-order valence-corrected chi connectivity index (χ1v) is 10.4. The highest BCUT2D eigenvalue weighted by Gasteiger charge is 2.18. The minimum Gasteiger partial charge on any atom is -0.505 e. The number of rotatable bonds is 6. The molecule has 0 aliphatic carbocycles. The second kappa shape index (κ2) is 8.74. The quantitative estimate of drug-likeness (QED) is 0.404. The molecule has 4 nitrogen and oxygen atoms in total. The number of nitrogens with one attached hydrogen (secondary N) is 1. The number of nitrogens with two attached hydrogens (primary N) is 1. The summed E-state index contributed by atoms with van der Waals surface area (Å²) in [7, 11) is 0. The van der Waals surface area contributed by atoms with Crippen molar-refractivity contribution in [2.45, 2.75) is 22.8 Å². The molecule has 0 spiro atoms. The van der Waals surface area contributed by atoms with Gasteiger partial charge >= 0.3 is 0 Å². The molecule has 1 heterocycles. The van der Waals surface area contributed by atoms with Gasteiger partial charge in [-0.1, -0.05) is 25.1 Å². The van der Waals surface area contributed by atoms with E-state index in [1.165, 1.54) is 4.90 Å². The predicted molar refractivity (Wildman–Crippen MR) is 107 cm³/mol. The third-order valence-electron chi connectivity index (χ3n) is 4.04. The van der Waals surface area contributed by atoms with Crippen LogP contribution in [-0.4, -0.2) is 35.8 Å². The second-order valence-electron chi connectivity index (χ2n) is 6.28. The minimum atomic E-state index is 0.194. The fourth-order valence-electron chi connectivity index (χ4n) is 2.55. The molecule has 2 aromatic carbocycles. The molecule has 2 aromatic rings. The van der Waals surface area contributed by atoms with Gasteiger partial charge in [-0.2, -0.15) is 0 Å². The van der Waals surface area contributed by atoms with Crippen molar-refractivity contribution in [3.05, 3.63) is 42.5 Å². The largest absolute Gasteiger partial charge is 0.505 e. The van der Waals surface area contributed by atoms with E-state index in [2.05, 4.69) is 18.3 Å². The molecule has 1 aliphatic rings. The number of anilines is 1. The van der Waals surface area contributed by atoms with Crippen LogP contribution in [0.1, 0.15) is 6.92 Å². The smallest absolute Gasteiger partial charge is 0.152 e. The Bertz CT molecular complexity index is 685. The maximum atomic E-state index is 9.98. The monoisotopic (exact) mass is 376 g/mol. The van der Waals surface area contributed by atoms with E-state index in [4.69, 9.17) is 10.5 Å². The molecule has 134 valence electrons. The lowest BCUT2D eigenvalue weighted by Gasteiger charge is -2.19. The summed E-state index contributed by atoms with van der Waals surface area (Å²) >= 11 is 3.49. The van der Waals surface area contributed by atoms with Gasteiger partial charge in [0.05, 0.1) is 16.6 Å². The third-order valence-corrected chi connectivity index (χ3v) is 6.63. The van der Waals surface area contributed by atoms with Gasteiger partial charge in [0.2, 0.25) is 0 Å². The van der Waals surface area contributed by atoms with Crippen molar-refractivity contribution in [2.24, 2.45) is 5.92 Å². The normalized spacial score (nSPS) is 18.0. The topological polar surface area (TPSA) is 67.5 Å². The summed E-state index contributed by atoms with van der Waals surface area (Å²) in [5.74, 6) is 3.58. The number of fused-ring (bicyclic) bond motifs is 1. The molecule has 0 radical (unpaired) electrons. The Morgan fingerprint density at radius 2 is 2.16 bits per heavy atom. The number of thioether (sulfide) groups is 2. The summed E-state index contributed by atoms with van der Waals surface area (Å²) in [5, 5.41) is 13.6. The molecule has 0 bridgehead atoms. The molecule has 0 aromatic heterocycles. The van der Waals surface area contributed by atoms with Crippen LogP contribution in [0.25, 0.3) is 0 Å². The van der Waals surface area contributed by atoms with Crippen LogP contribution >= 0.6 is 23.5 Å². The molecule has 0 saturated carbocycles. The lowest BCUT2D eigenvalue weighted by Crippen LogP contribution is -2.39. The number of phenols is 1. The van der Waals surface area contributed by atoms with Crippen molar-refractivity contribution >= 4 is 29.2 Å². The van der Waals surface area contributed by atoms with Crippen molar-refractivity contribution in [2.75, 3.05) is 30.4 Å². The summed E-state index contributed by atoms with van der Waals surface area (Å²) in [6.07, 6.45) is 0. The second-order valence-corrected chi connectivity index (χ2v) is 8.41. The van der Waals surface area contributed by atoms with Crippen LogP contribution in [0.4, 0.5) is 5.69 Å². The van der Waals surface area contributed by atoms with Gasteiger partial charge in [-0.25, -0.2) is 0 Å². The van der Waals surface area contributed by atoms with Crippen LogP contribution in [0, 0.1) is 5.92 Å². The van der Waals surface area contributed by atoms with Crippen LogP contribution in [0.2, 0.25) is 0 Å². The van der Waals surface area contributed by atoms with Crippen LogP contribution in [-0.2, 0) is 0 Å². The molecule has 0 unspecified atom stereocenters. The van der Waals surface area contributed by atoms with Gasteiger partial charge in [-0.3, -0.25) is 0 Å². The molecule has 2 atom stereocenters. The molecule has 4 N–H and O–H groups in total. The van der Waals surface area contributed by atoms with Crippen molar-refractivity contribution in [1.29, 1.82) is 0 Å². The molecular formula is C19H24N2O2S2. The van der Waals surface area contributed by atoms with Crippen molar-refractivity contribution in [3.63, 3.8) is 0 Å². The van der Waals surface area contributed by atoms with E-state index < -0.39 is 0 Å². The van der Waals surface area contributed by atoms with Gasteiger partial charge in [0.25, 0.3) is 0 Å². The number of ether oxygens (including phenoxy) is 1. The number of aromatic hydroxyl groups is 1. The first kappa shape index (κ1) is 18.3. The van der Waals surface area contributed by atoms with E-state index >= 15 is 0 Å². The van der Waals surface area contributed by atoms with Gasteiger partial charge < -0.3 is 20.9 Å². The fraction of sp³-hybridized carbons (Fsp3) is 0.368. The predicted octanol–water partition coefficient (Wildman–Crippen LogP) is 3.85. The van der Waals surface area contributed by atoms with Crippen molar-refractivity contribution in [3.8, 4) is 11.5 Å². The van der Waals surface area contributed by atoms with Crippen LogP contribution in [0.3, 0.4) is 0 Å². The van der Waals surface area contributed by atoms with E-state index in [1.54, 1.807) is 17.8 Å². The lowest BCUT2D eigenvalue weighted by atomic mass is 10.2. The summed E-state index contributed by atoms with van der Waals surface area (Å²) in [5.41, 5.74) is 6.18. The molecule has 3 rings (SSSR count). The minimum absolute atomic E-state index is 0.194. The number of hydrogen-bond acceptors (Lipinski definition) is 6. The van der Waals surface area contributed by atoms with E-state index in [1.807, 2.05) is 42.1 Å². The molecular weight excluding hydrogens is 352 g/mol. The number of nitrogen functional groups attached to an aromatic ring is 1. The Balaban J connectivity index is 1.43. The fourth-order valence-corrected chi connectivity index (χ4v) is 4.60. The molecule has 25 heavy (non-hydrogen) atoms. The molecule has 1 aliphatic heterocycles. The number of para-hydroxylation sites is 2. The zero-order valence-electron chi connectivity index (χ0n) is 14.3. The lowest BCUT2D eigenvalue weighted by molar-refractivity contribution is 0.270. The van der Waals surface area contributed by atoms with Crippen LogP contribution in [0.15, 0.2) is 52.3 Å². The van der Waals surface area contributed by atoms with Gasteiger partial charge in [0.1, 0.15) is 12.4 Å². The van der Waals surface area contributed by atoms with E-state index in [9.17, 15) is 5.11 Å². The highest BCUT2D eigenvalue weighted by atomic mass is 32.2. The summed E-state index contributed by atoms with van der Waals surface area (Å²) in [4.78, 5) is 2.06. The van der Waals surface area contributed by atoms with E-state index in [0.717, 1.165) is 28.7 Å². The van der Waals surface area contributed by atoms with Crippen molar-refractivity contribution in [1.82, 2.24) is 5.32 Å². The SMILES string of the molecule is C[C@@H](CN[C@@H]1COc2ccccc2SC1)CSc1cccc(N)c1O. The molecule has 6 heteroatoms. The van der Waals surface area contributed by atoms with Gasteiger partial charge in [-0.15, -0.1) is 23.5 Å². The van der Waals surface area contributed by atoms with E-state index in [-0.39, 0.29) is 5.75 Å². The summed E-state index contributed by atoms with van der Waals surface area (Å²) in [6.45, 7) is 3.82. The molecule has 0 saturated heterocycles. The summed E-state index contributed by atoms with van der Waals surface area (Å²) < 4.78 is 5.92. The Labute approximate surface area is 157 Å². The van der Waals surface area contributed by atoms with Crippen LogP contribution < -0.4 is 15.8 Å². The average Bonchev–Trinajstić information content (AvgIpc) is 2.84.